The Bertz CT molecular complexity index is 762. The van der Waals surface area contributed by atoms with Crippen LogP contribution in [0.25, 0.3) is 10.9 Å². The SMILES string of the molecule is CN1CCC(n2cc3cc(B4OC(C)(C)C(C)(C)O4)ccc3n2)CC1. The zero-order valence-corrected chi connectivity index (χ0v) is 16.0. The molecule has 2 fully saturated rings. The van der Waals surface area contributed by atoms with E-state index in [2.05, 4.69) is 68.7 Å². The molecule has 6 heteroatoms. The van der Waals surface area contributed by atoms with Gasteiger partial charge in [0.25, 0.3) is 0 Å². The smallest absolute Gasteiger partial charge is 0.399 e. The van der Waals surface area contributed by atoms with Crippen molar-refractivity contribution < 1.29 is 9.31 Å². The molecule has 3 heterocycles. The minimum atomic E-state index is -0.318. The van der Waals surface area contributed by atoms with E-state index < -0.39 is 0 Å². The summed E-state index contributed by atoms with van der Waals surface area (Å²) in [5, 5.41) is 5.96. The van der Waals surface area contributed by atoms with Gasteiger partial charge in [-0.05, 0) is 72.2 Å². The van der Waals surface area contributed by atoms with Gasteiger partial charge in [-0.2, -0.15) is 5.10 Å². The summed E-state index contributed by atoms with van der Waals surface area (Å²) in [5.41, 5.74) is 1.48. The van der Waals surface area contributed by atoms with Gasteiger partial charge in [0.1, 0.15) is 0 Å². The molecule has 1 aromatic heterocycles. The van der Waals surface area contributed by atoms with Gasteiger partial charge in [0.05, 0.1) is 22.8 Å². The topological polar surface area (TPSA) is 39.5 Å². The van der Waals surface area contributed by atoms with Crippen molar-refractivity contribution in [1.82, 2.24) is 14.7 Å². The molecule has 2 aliphatic heterocycles. The highest BCUT2D eigenvalue weighted by Gasteiger charge is 2.51. The molecule has 0 aliphatic carbocycles. The van der Waals surface area contributed by atoms with Crippen LogP contribution in [-0.2, 0) is 9.31 Å². The lowest BCUT2D eigenvalue weighted by atomic mass is 9.79. The molecular weight excluding hydrogens is 313 g/mol. The van der Waals surface area contributed by atoms with Crippen LogP contribution in [-0.4, -0.2) is 53.1 Å². The fourth-order valence-electron chi connectivity index (χ4n) is 3.64. The minimum Gasteiger partial charge on any atom is -0.399 e. The van der Waals surface area contributed by atoms with E-state index in [1.807, 2.05) is 0 Å². The fraction of sp³-hybridized carbons (Fsp3) is 0.632. The average molecular weight is 341 g/mol. The molecule has 5 nitrogen and oxygen atoms in total. The van der Waals surface area contributed by atoms with Crippen LogP contribution in [0, 0.1) is 0 Å². The van der Waals surface area contributed by atoms with Crippen molar-refractivity contribution in [3.05, 3.63) is 24.4 Å². The van der Waals surface area contributed by atoms with Gasteiger partial charge in [0.15, 0.2) is 0 Å². The Morgan fingerprint density at radius 1 is 1.08 bits per heavy atom. The average Bonchev–Trinajstić information content (AvgIpc) is 3.05. The van der Waals surface area contributed by atoms with Crippen LogP contribution >= 0.6 is 0 Å². The van der Waals surface area contributed by atoms with E-state index in [-0.39, 0.29) is 18.3 Å². The normalized spacial score (nSPS) is 24.3. The summed E-state index contributed by atoms with van der Waals surface area (Å²) >= 11 is 0. The Hall–Kier alpha value is -1.37. The van der Waals surface area contributed by atoms with E-state index in [1.165, 1.54) is 0 Å². The highest BCUT2D eigenvalue weighted by atomic mass is 16.7. The van der Waals surface area contributed by atoms with Gasteiger partial charge in [0, 0.05) is 11.6 Å². The van der Waals surface area contributed by atoms with Crippen LogP contribution in [0.5, 0.6) is 0 Å². The van der Waals surface area contributed by atoms with Crippen LogP contribution in [0.2, 0.25) is 0 Å². The molecule has 0 N–H and O–H groups in total. The van der Waals surface area contributed by atoms with E-state index in [0.717, 1.165) is 42.3 Å². The van der Waals surface area contributed by atoms with Gasteiger partial charge >= 0.3 is 7.12 Å². The number of aromatic nitrogens is 2. The number of hydrogen-bond acceptors (Lipinski definition) is 4. The summed E-state index contributed by atoms with van der Waals surface area (Å²) in [7, 11) is 1.87. The summed E-state index contributed by atoms with van der Waals surface area (Å²) in [4.78, 5) is 2.39. The Balaban J connectivity index is 1.59. The van der Waals surface area contributed by atoms with Crippen molar-refractivity contribution in [2.75, 3.05) is 20.1 Å². The molecule has 0 amide bonds. The predicted molar refractivity (Wildman–Crippen MR) is 101 cm³/mol. The Morgan fingerprint density at radius 3 is 2.36 bits per heavy atom. The number of hydrogen-bond donors (Lipinski definition) is 0. The molecular formula is C19H28BN3O2. The van der Waals surface area contributed by atoms with Crippen molar-refractivity contribution in [2.24, 2.45) is 0 Å². The largest absolute Gasteiger partial charge is 0.494 e. The first kappa shape index (κ1) is 17.1. The van der Waals surface area contributed by atoms with Crippen molar-refractivity contribution in [3.8, 4) is 0 Å². The van der Waals surface area contributed by atoms with Crippen molar-refractivity contribution in [2.45, 2.75) is 57.8 Å². The third-order valence-corrected chi connectivity index (χ3v) is 6.13. The van der Waals surface area contributed by atoms with Crippen molar-refractivity contribution in [1.29, 1.82) is 0 Å². The second-order valence-corrected chi connectivity index (χ2v) is 8.55. The van der Waals surface area contributed by atoms with Gasteiger partial charge < -0.3 is 14.2 Å². The zero-order valence-electron chi connectivity index (χ0n) is 16.0. The number of benzene rings is 1. The van der Waals surface area contributed by atoms with Gasteiger partial charge in [-0.25, -0.2) is 0 Å². The van der Waals surface area contributed by atoms with Crippen molar-refractivity contribution >= 4 is 23.5 Å². The second kappa shape index (κ2) is 5.83. The number of rotatable bonds is 2. The molecule has 0 saturated carbocycles. The summed E-state index contributed by atoms with van der Waals surface area (Å²) in [5.74, 6) is 0. The maximum absolute atomic E-state index is 6.18. The van der Waals surface area contributed by atoms with E-state index in [1.54, 1.807) is 0 Å². The van der Waals surface area contributed by atoms with E-state index in [0.29, 0.717) is 6.04 Å². The lowest BCUT2D eigenvalue weighted by Gasteiger charge is -2.32. The summed E-state index contributed by atoms with van der Waals surface area (Å²) in [6.45, 7) is 10.6. The number of likely N-dealkylation sites (tertiary alicyclic amines) is 1. The van der Waals surface area contributed by atoms with Crippen LogP contribution in [0.4, 0.5) is 0 Å². The summed E-state index contributed by atoms with van der Waals surface area (Å²) in [6, 6.07) is 6.83. The van der Waals surface area contributed by atoms with E-state index in [4.69, 9.17) is 14.4 Å². The molecule has 0 unspecified atom stereocenters. The third kappa shape index (κ3) is 3.00. The maximum Gasteiger partial charge on any atom is 0.494 e. The first-order chi connectivity index (χ1) is 11.7. The molecule has 0 radical (unpaired) electrons. The lowest BCUT2D eigenvalue weighted by molar-refractivity contribution is 0.00578. The molecule has 2 aliphatic rings. The molecule has 4 rings (SSSR count). The highest BCUT2D eigenvalue weighted by Crippen LogP contribution is 2.36. The standard InChI is InChI=1S/C19H28BN3O2/c1-18(2)19(3,4)25-20(24-18)15-6-7-17-14(12-15)13-23(21-17)16-8-10-22(5)11-9-16/h6-7,12-13,16H,8-11H2,1-5H3. The molecule has 2 aromatic rings. The van der Waals surface area contributed by atoms with E-state index >= 15 is 0 Å². The van der Waals surface area contributed by atoms with E-state index in [9.17, 15) is 0 Å². The first-order valence-electron chi connectivity index (χ1n) is 9.28. The Labute approximate surface area is 150 Å². The van der Waals surface area contributed by atoms with Gasteiger partial charge in [0.2, 0.25) is 0 Å². The Kier molecular flexibility index (Phi) is 3.98. The summed E-state index contributed by atoms with van der Waals surface area (Å²) in [6.07, 6.45) is 4.50. The number of fused-ring (bicyclic) bond motifs is 1. The monoisotopic (exact) mass is 341 g/mol. The number of piperidine rings is 1. The van der Waals surface area contributed by atoms with Crippen LogP contribution in [0.15, 0.2) is 24.4 Å². The predicted octanol–water partition coefficient (Wildman–Crippen LogP) is 2.60. The van der Waals surface area contributed by atoms with Gasteiger partial charge in [-0.3, -0.25) is 4.68 Å². The number of nitrogens with zero attached hydrogens (tertiary/aromatic N) is 3. The van der Waals surface area contributed by atoms with Crippen LogP contribution in [0.3, 0.4) is 0 Å². The lowest BCUT2D eigenvalue weighted by Crippen LogP contribution is -2.41. The molecule has 1 aromatic carbocycles. The first-order valence-corrected chi connectivity index (χ1v) is 9.28. The molecule has 2 saturated heterocycles. The fourth-order valence-corrected chi connectivity index (χ4v) is 3.64. The molecule has 134 valence electrons. The molecule has 25 heavy (non-hydrogen) atoms. The quantitative estimate of drug-likeness (QED) is 0.788. The summed E-state index contributed by atoms with van der Waals surface area (Å²) < 4.78 is 14.5. The van der Waals surface area contributed by atoms with Gasteiger partial charge in [-0.15, -0.1) is 0 Å². The third-order valence-electron chi connectivity index (χ3n) is 6.13. The molecule has 0 bridgehead atoms. The van der Waals surface area contributed by atoms with Crippen LogP contribution < -0.4 is 5.46 Å². The van der Waals surface area contributed by atoms with Crippen LogP contribution in [0.1, 0.15) is 46.6 Å². The highest BCUT2D eigenvalue weighted by molar-refractivity contribution is 6.62. The maximum atomic E-state index is 6.18. The molecule has 0 atom stereocenters. The second-order valence-electron chi connectivity index (χ2n) is 8.55. The van der Waals surface area contributed by atoms with Gasteiger partial charge in [-0.1, -0.05) is 12.1 Å². The zero-order chi connectivity index (χ0) is 17.8. The Morgan fingerprint density at radius 2 is 1.72 bits per heavy atom. The molecule has 0 spiro atoms. The van der Waals surface area contributed by atoms with Crippen molar-refractivity contribution in [3.63, 3.8) is 0 Å². The minimum absolute atomic E-state index is 0.315.